The number of hydrogen-bond acceptors (Lipinski definition) is 3. The minimum atomic E-state index is -0.256. The third kappa shape index (κ3) is 2.34. The predicted octanol–water partition coefficient (Wildman–Crippen LogP) is 0.736. The van der Waals surface area contributed by atoms with Crippen LogP contribution in [0, 0.1) is 18.8 Å². The molecular formula is C9H10N2O2. The molecule has 4 nitrogen and oxygen atoms in total. The molecular weight excluding hydrogens is 168 g/mol. The summed E-state index contributed by atoms with van der Waals surface area (Å²) in [5, 5.41) is 2.59. The van der Waals surface area contributed by atoms with E-state index >= 15 is 0 Å². The van der Waals surface area contributed by atoms with E-state index in [0.717, 1.165) is 0 Å². The van der Waals surface area contributed by atoms with Crippen LogP contribution in [0.25, 0.3) is 0 Å². The van der Waals surface area contributed by atoms with Gasteiger partial charge in [0.25, 0.3) is 5.91 Å². The van der Waals surface area contributed by atoms with Crippen molar-refractivity contribution in [1.82, 2.24) is 10.3 Å². The van der Waals surface area contributed by atoms with Crippen LogP contribution in [-0.2, 0) is 0 Å². The Hall–Kier alpha value is -1.76. The highest BCUT2D eigenvalue weighted by atomic mass is 16.3. The molecule has 0 atom stereocenters. The van der Waals surface area contributed by atoms with Crippen LogP contribution in [0.2, 0.25) is 0 Å². The molecule has 0 aliphatic heterocycles. The van der Waals surface area contributed by atoms with E-state index < -0.39 is 0 Å². The predicted molar refractivity (Wildman–Crippen MR) is 47.0 cm³/mol. The quantitative estimate of drug-likeness (QED) is 0.679. The van der Waals surface area contributed by atoms with Crippen LogP contribution in [0.15, 0.2) is 10.8 Å². The summed E-state index contributed by atoms with van der Waals surface area (Å²) < 4.78 is 4.88. The van der Waals surface area contributed by atoms with E-state index in [1.54, 1.807) is 13.8 Å². The first-order valence-corrected chi connectivity index (χ1v) is 3.83. The van der Waals surface area contributed by atoms with Gasteiger partial charge < -0.3 is 9.73 Å². The molecule has 1 aromatic heterocycles. The molecule has 13 heavy (non-hydrogen) atoms. The van der Waals surface area contributed by atoms with E-state index in [9.17, 15) is 4.79 Å². The van der Waals surface area contributed by atoms with Crippen molar-refractivity contribution in [3.63, 3.8) is 0 Å². The van der Waals surface area contributed by atoms with Gasteiger partial charge in [0.15, 0.2) is 12.1 Å². The molecule has 0 saturated heterocycles. The Labute approximate surface area is 76.3 Å². The van der Waals surface area contributed by atoms with E-state index in [4.69, 9.17) is 4.42 Å². The molecule has 0 bridgehead atoms. The van der Waals surface area contributed by atoms with Crippen LogP contribution in [0.1, 0.15) is 23.2 Å². The van der Waals surface area contributed by atoms with Crippen molar-refractivity contribution < 1.29 is 9.21 Å². The first-order valence-electron chi connectivity index (χ1n) is 3.83. The number of rotatable bonds is 2. The van der Waals surface area contributed by atoms with Gasteiger partial charge in [0.05, 0.1) is 6.54 Å². The van der Waals surface area contributed by atoms with Crippen LogP contribution >= 0.6 is 0 Å². The van der Waals surface area contributed by atoms with E-state index in [1.807, 2.05) is 0 Å². The van der Waals surface area contributed by atoms with Crippen LogP contribution in [0.3, 0.4) is 0 Å². The molecule has 0 aliphatic rings. The maximum atomic E-state index is 11.3. The second kappa shape index (κ2) is 4.31. The monoisotopic (exact) mass is 178 g/mol. The van der Waals surface area contributed by atoms with Gasteiger partial charge in [-0.3, -0.25) is 4.79 Å². The third-order valence-electron chi connectivity index (χ3n) is 1.47. The summed E-state index contributed by atoms with van der Waals surface area (Å²) in [6.07, 6.45) is 1.25. The summed E-state index contributed by atoms with van der Waals surface area (Å²) in [4.78, 5) is 15.1. The van der Waals surface area contributed by atoms with Gasteiger partial charge in [-0.15, -0.1) is 5.92 Å². The summed E-state index contributed by atoms with van der Waals surface area (Å²) >= 11 is 0. The number of nitrogens with zero attached hydrogens (tertiary/aromatic N) is 1. The molecule has 1 aromatic rings. The molecule has 0 unspecified atom stereocenters. The standard InChI is InChI=1S/C9H10N2O2/c1-3-4-5-10-9(12)8-7(2)13-6-11-8/h6H,5H2,1-2H3,(H,10,12). The Kier molecular flexibility index (Phi) is 3.09. The fourth-order valence-corrected chi connectivity index (χ4v) is 0.820. The largest absolute Gasteiger partial charge is 0.448 e. The molecule has 4 heteroatoms. The van der Waals surface area contributed by atoms with Crippen molar-refractivity contribution in [2.75, 3.05) is 6.54 Å². The van der Waals surface area contributed by atoms with Gasteiger partial charge in [0.2, 0.25) is 0 Å². The highest BCUT2D eigenvalue weighted by Gasteiger charge is 2.11. The summed E-state index contributed by atoms with van der Waals surface area (Å²) in [6, 6.07) is 0. The molecule has 0 radical (unpaired) electrons. The smallest absolute Gasteiger partial charge is 0.274 e. The number of oxazole rings is 1. The first-order chi connectivity index (χ1) is 6.25. The fourth-order valence-electron chi connectivity index (χ4n) is 0.820. The average molecular weight is 178 g/mol. The van der Waals surface area contributed by atoms with Crippen molar-refractivity contribution in [2.24, 2.45) is 0 Å². The normalized spacial score (nSPS) is 8.77. The first kappa shape index (κ1) is 9.33. The van der Waals surface area contributed by atoms with Gasteiger partial charge in [-0.25, -0.2) is 4.98 Å². The Bertz CT molecular complexity index is 357. The number of aromatic nitrogens is 1. The molecule has 0 saturated carbocycles. The van der Waals surface area contributed by atoms with Crippen LogP contribution in [-0.4, -0.2) is 17.4 Å². The highest BCUT2D eigenvalue weighted by molar-refractivity contribution is 5.93. The van der Waals surface area contributed by atoms with E-state index in [0.29, 0.717) is 18.0 Å². The lowest BCUT2D eigenvalue weighted by Crippen LogP contribution is -2.24. The summed E-state index contributed by atoms with van der Waals surface area (Å²) in [5.74, 6) is 5.65. The van der Waals surface area contributed by atoms with Crippen molar-refractivity contribution >= 4 is 5.91 Å². The van der Waals surface area contributed by atoms with E-state index in [-0.39, 0.29) is 5.91 Å². The second-order valence-corrected chi connectivity index (χ2v) is 2.37. The van der Waals surface area contributed by atoms with E-state index in [1.165, 1.54) is 6.39 Å². The van der Waals surface area contributed by atoms with Crippen molar-refractivity contribution in [3.05, 3.63) is 17.8 Å². The average Bonchev–Trinajstić information content (AvgIpc) is 2.52. The summed E-state index contributed by atoms with van der Waals surface area (Å²) in [7, 11) is 0. The molecule has 1 N–H and O–H groups in total. The molecule has 1 amide bonds. The number of carbonyl (C=O) groups excluding carboxylic acids is 1. The summed E-state index contributed by atoms with van der Waals surface area (Å²) in [5.41, 5.74) is 0.318. The number of amides is 1. The number of nitrogens with one attached hydrogen (secondary N) is 1. The Balaban J connectivity index is 2.57. The lowest BCUT2D eigenvalue weighted by atomic mass is 10.3. The zero-order valence-electron chi connectivity index (χ0n) is 7.55. The molecule has 0 fully saturated rings. The van der Waals surface area contributed by atoms with Gasteiger partial charge in [-0.2, -0.15) is 0 Å². The maximum absolute atomic E-state index is 11.3. The van der Waals surface area contributed by atoms with Crippen LogP contribution in [0.4, 0.5) is 0 Å². The fraction of sp³-hybridized carbons (Fsp3) is 0.333. The molecule has 0 spiro atoms. The van der Waals surface area contributed by atoms with Gasteiger partial charge >= 0.3 is 0 Å². The van der Waals surface area contributed by atoms with Gasteiger partial charge in [0, 0.05) is 0 Å². The molecule has 0 aromatic carbocycles. The zero-order chi connectivity index (χ0) is 9.68. The minimum Gasteiger partial charge on any atom is -0.448 e. The number of aryl methyl sites for hydroxylation is 1. The Morgan fingerprint density at radius 2 is 2.54 bits per heavy atom. The van der Waals surface area contributed by atoms with E-state index in [2.05, 4.69) is 22.1 Å². The van der Waals surface area contributed by atoms with Gasteiger partial charge in [0.1, 0.15) is 5.76 Å². The van der Waals surface area contributed by atoms with Crippen LogP contribution < -0.4 is 5.32 Å². The highest BCUT2D eigenvalue weighted by Crippen LogP contribution is 2.03. The second-order valence-electron chi connectivity index (χ2n) is 2.37. The lowest BCUT2D eigenvalue weighted by Gasteiger charge is -1.96. The molecule has 1 rings (SSSR count). The Morgan fingerprint density at radius 1 is 1.77 bits per heavy atom. The van der Waals surface area contributed by atoms with Gasteiger partial charge in [-0.05, 0) is 13.8 Å². The van der Waals surface area contributed by atoms with Crippen molar-refractivity contribution in [2.45, 2.75) is 13.8 Å². The number of hydrogen-bond donors (Lipinski definition) is 1. The molecule has 0 aliphatic carbocycles. The van der Waals surface area contributed by atoms with Gasteiger partial charge in [-0.1, -0.05) is 5.92 Å². The minimum absolute atomic E-state index is 0.256. The van der Waals surface area contributed by atoms with Crippen LogP contribution in [0.5, 0.6) is 0 Å². The zero-order valence-corrected chi connectivity index (χ0v) is 7.55. The van der Waals surface area contributed by atoms with Crippen molar-refractivity contribution in [3.8, 4) is 11.8 Å². The summed E-state index contributed by atoms with van der Waals surface area (Å²) in [6.45, 7) is 3.74. The SMILES string of the molecule is CC#CCNC(=O)c1ncoc1C. The lowest BCUT2D eigenvalue weighted by molar-refractivity contribution is 0.0953. The topological polar surface area (TPSA) is 55.1 Å². The molecule has 1 heterocycles. The molecule has 68 valence electrons. The maximum Gasteiger partial charge on any atom is 0.274 e. The number of carbonyl (C=O) groups is 1. The van der Waals surface area contributed by atoms with Crippen molar-refractivity contribution in [1.29, 1.82) is 0 Å². The Morgan fingerprint density at radius 3 is 3.08 bits per heavy atom. The third-order valence-corrected chi connectivity index (χ3v) is 1.47.